The molecule has 11 nitrogen and oxygen atoms in total. The maximum Gasteiger partial charge on any atom is 0.327 e. The Balaban J connectivity index is 4.55. The van der Waals surface area contributed by atoms with Gasteiger partial charge in [-0.05, 0) is 0 Å². The molecule has 0 radical (unpaired) electrons. The van der Waals surface area contributed by atoms with Gasteiger partial charge in [-0.25, -0.2) is 4.79 Å². The van der Waals surface area contributed by atoms with Crippen LogP contribution in [0.4, 0.5) is 0 Å². The molecule has 0 saturated heterocycles. The van der Waals surface area contributed by atoms with E-state index < -0.39 is 61.3 Å². The third-order valence-electron chi connectivity index (χ3n) is 2.45. The van der Waals surface area contributed by atoms with Gasteiger partial charge in [0.15, 0.2) is 0 Å². The fourth-order valence-corrected chi connectivity index (χ4v) is 1.61. The summed E-state index contributed by atoms with van der Waals surface area (Å²) in [6.45, 7) is -1.03. The molecular weight excluding hydrogens is 332 g/mol. The third kappa shape index (κ3) is 8.63. The van der Waals surface area contributed by atoms with Gasteiger partial charge in [-0.2, -0.15) is 12.6 Å². The first-order valence-electron chi connectivity index (χ1n) is 6.33. The number of amides is 3. The lowest BCUT2D eigenvalue weighted by Crippen LogP contribution is -2.52. The number of nitrogens with one attached hydrogen (secondary N) is 3. The monoisotopic (exact) mass is 350 g/mol. The lowest BCUT2D eigenvalue weighted by Gasteiger charge is -2.17. The van der Waals surface area contributed by atoms with E-state index in [4.69, 9.17) is 15.9 Å². The molecule has 0 aliphatic heterocycles. The van der Waals surface area contributed by atoms with Gasteiger partial charge in [-0.3, -0.25) is 19.2 Å². The second-order valence-electron chi connectivity index (χ2n) is 4.28. The van der Waals surface area contributed by atoms with Crippen molar-refractivity contribution in [3.63, 3.8) is 0 Å². The van der Waals surface area contributed by atoms with E-state index in [0.29, 0.717) is 0 Å². The van der Waals surface area contributed by atoms with Crippen molar-refractivity contribution in [2.24, 2.45) is 5.73 Å². The number of hydrogen-bond acceptors (Lipinski definition) is 7. The number of carbonyl (C=O) groups is 5. The Morgan fingerprint density at radius 1 is 1.00 bits per heavy atom. The first-order chi connectivity index (χ1) is 10.7. The molecule has 0 rings (SSSR count). The summed E-state index contributed by atoms with van der Waals surface area (Å²) in [7, 11) is 0. The van der Waals surface area contributed by atoms with Crippen LogP contribution in [-0.4, -0.2) is 70.8 Å². The highest BCUT2D eigenvalue weighted by molar-refractivity contribution is 7.80. The number of nitrogens with two attached hydrogens (primary N) is 1. The first-order valence-corrected chi connectivity index (χ1v) is 6.96. The van der Waals surface area contributed by atoms with E-state index in [2.05, 4.69) is 28.6 Å². The van der Waals surface area contributed by atoms with Gasteiger partial charge in [0.05, 0.1) is 19.5 Å². The van der Waals surface area contributed by atoms with Crippen molar-refractivity contribution in [1.82, 2.24) is 16.0 Å². The van der Waals surface area contributed by atoms with Gasteiger partial charge in [-0.1, -0.05) is 0 Å². The molecule has 23 heavy (non-hydrogen) atoms. The summed E-state index contributed by atoms with van der Waals surface area (Å²) in [6, 6.07) is -2.63. The van der Waals surface area contributed by atoms with Crippen LogP contribution >= 0.6 is 12.6 Å². The Morgan fingerprint density at radius 2 is 1.57 bits per heavy atom. The number of carboxylic acids is 2. The molecule has 0 saturated carbocycles. The van der Waals surface area contributed by atoms with Crippen molar-refractivity contribution in [1.29, 1.82) is 0 Å². The van der Waals surface area contributed by atoms with E-state index in [-0.39, 0.29) is 5.75 Å². The molecule has 2 unspecified atom stereocenters. The van der Waals surface area contributed by atoms with Crippen LogP contribution in [0.15, 0.2) is 0 Å². The minimum absolute atomic E-state index is 0.150. The van der Waals surface area contributed by atoms with Crippen LogP contribution in [0, 0.1) is 0 Å². The minimum Gasteiger partial charge on any atom is -0.481 e. The van der Waals surface area contributed by atoms with Crippen molar-refractivity contribution in [3.8, 4) is 0 Å². The SMILES string of the molecule is NCC(=O)NC(CC(=O)O)C(=O)NCC(=O)NC(CS)C(=O)O. The Kier molecular flexibility index (Phi) is 9.34. The van der Waals surface area contributed by atoms with Crippen LogP contribution in [0.1, 0.15) is 6.42 Å². The van der Waals surface area contributed by atoms with Crippen LogP contribution in [-0.2, 0) is 24.0 Å². The molecule has 12 heteroatoms. The fourth-order valence-electron chi connectivity index (χ4n) is 1.36. The van der Waals surface area contributed by atoms with E-state index in [9.17, 15) is 24.0 Å². The Bertz CT molecular complexity index is 485. The number of carbonyl (C=O) groups excluding carboxylic acids is 3. The number of thiol groups is 1. The van der Waals surface area contributed by atoms with E-state index >= 15 is 0 Å². The zero-order valence-electron chi connectivity index (χ0n) is 11.9. The maximum atomic E-state index is 11.8. The maximum absolute atomic E-state index is 11.8. The largest absolute Gasteiger partial charge is 0.481 e. The summed E-state index contributed by atoms with van der Waals surface area (Å²) < 4.78 is 0. The summed E-state index contributed by atoms with van der Waals surface area (Å²) in [4.78, 5) is 55.8. The quantitative estimate of drug-likeness (QED) is 0.198. The molecular formula is C11H18N4O7S. The average Bonchev–Trinajstić information content (AvgIpc) is 2.48. The molecule has 0 aliphatic carbocycles. The molecule has 7 N–H and O–H groups in total. The first kappa shape index (κ1) is 20.7. The number of carboxylic acid groups (broad SMARTS) is 2. The van der Waals surface area contributed by atoms with Crippen LogP contribution in [0.5, 0.6) is 0 Å². The van der Waals surface area contributed by atoms with E-state index in [1.54, 1.807) is 0 Å². The van der Waals surface area contributed by atoms with Gasteiger partial charge in [0.25, 0.3) is 0 Å². The van der Waals surface area contributed by atoms with Crippen molar-refractivity contribution in [2.45, 2.75) is 18.5 Å². The van der Waals surface area contributed by atoms with Gasteiger partial charge in [0.1, 0.15) is 12.1 Å². The highest BCUT2D eigenvalue weighted by atomic mass is 32.1. The lowest BCUT2D eigenvalue weighted by atomic mass is 10.2. The predicted octanol–water partition coefficient (Wildman–Crippen LogP) is -3.48. The molecule has 3 amide bonds. The second-order valence-corrected chi connectivity index (χ2v) is 4.65. The summed E-state index contributed by atoms with van der Waals surface area (Å²) >= 11 is 3.75. The molecule has 2 atom stereocenters. The zero-order valence-corrected chi connectivity index (χ0v) is 12.8. The predicted molar refractivity (Wildman–Crippen MR) is 79.7 cm³/mol. The van der Waals surface area contributed by atoms with E-state index in [1.165, 1.54) is 0 Å². The van der Waals surface area contributed by atoms with Crippen molar-refractivity contribution >= 4 is 42.3 Å². The number of rotatable bonds is 10. The standard InChI is InChI=1S/C11H18N4O7S/c12-2-7(16)14-5(1-9(18)19)10(20)13-3-8(17)15-6(4-23)11(21)22/h5-6,23H,1-4,12H2,(H,13,20)(H,14,16)(H,15,17)(H,18,19)(H,21,22). The molecule has 0 aromatic rings. The molecule has 0 aromatic carbocycles. The summed E-state index contributed by atoms with van der Waals surface area (Å²) in [5.41, 5.74) is 5.05. The molecule has 0 heterocycles. The Labute approximate surface area is 136 Å². The van der Waals surface area contributed by atoms with E-state index in [1.807, 2.05) is 0 Å². The topological polar surface area (TPSA) is 188 Å². The van der Waals surface area contributed by atoms with Crippen molar-refractivity contribution in [2.75, 3.05) is 18.8 Å². The van der Waals surface area contributed by atoms with Gasteiger partial charge in [0, 0.05) is 5.75 Å². The molecule has 0 fully saturated rings. The van der Waals surface area contributed by atoms with Gasteiger partial charge >= 0.3 is 11.9 Å². The molecule has 0 aliphatic rings. The summed E-state index contributed by atoms with van der Waals surface area (Å²) in [6.07, 6.45) is -0.701. The van der Waals surface area contributed by atoms with Gasteiger partial charge < -0.3 is 31.9 Å². The van der Waals surface area contributed by atoms with Crippen molar-refractivity contribution in [3.05, 3.63) is 0 Å². The fraction of sp³-hybridized carbons (Fsp3) is 0.545. The van der Waals surface area contributed by atoms with Gasteiger partial charge in [-0.15, -0.1) is 0 Å². The lowest BCUT2D eigenvalue weighted by molar-refractivity contribution is -0.142. The molecule has 0 aromatic heterocycles. The van der Waals surface area contributed by atoms with Crippen LogP contribution in [0.3, 0.4) is 0 Å². The summed E-state index contributed by atoms with van der Waals surface area (Å²) in [5.74, 6) is -5.24. The van der Waals surface area contributed by atoms with Crippen LogP contribution in [0.25, 0.3) is 0 Å². The average molecular weight is 350 g/mol. The second kappa shape index (κ2) is 10.4. The highest BCUT2D eigenvalue weighted by Gasteiger charge is 2.24. The third-order valence-corrected chi connectivity index (χ3v) is 2.82. The van der Waals surface area contributed by atoms with Gasteiger partial charge in [0.2, 0.25) is 17.7 Å². The molecule has 0 bridgehead atoms. The zero-order chi connectivity index (χ0) is 18.0. The highest BCUT2D eigenvalue weighted by Crippen LogP contribution is 1.93. The van der Waals surface area contributed by atoms with Crippen LogP contribution < -0.4 is 21.7 Å². The smallest absolute Gasteiger partial charge is 0.327 e. The Hall–Kier alpha value is -2.34. The number of aliphatic carboxylic acids is 2. The Morgan fingerprint density at radius 3 is 2.00 bits per heavy atom. The number of hydrogen-bond donors (Lipinski definition) is 7. The summed E-state index contributed by atoms with van der Waals surface area (Å²) in [5, 5.41) is 23.7. The van der Waals surface area contributed by atoms with Crippen LogP contribution in [0.2, 0.25) is 0 Å². The normalized spacial score (nSPS) is 12.6. The van der Waals surface area contributed by atoms with E-state index in [0.717, 1.165) is 0 Å². The van der Waals surface area contributed by atoms with Crippen molar-refractivity contribution < 1.29 is 34.2 Å². The minimum atomic E-state index is -1.41. The molecule has 0 spiro atoms. The molecule has 130 valence electrons.